The number of piperazine rings is 1. The van der Waals surface area contributed by atoms with Crippen molar-refractivity contribution < 1.29 is 4.79 Å². The number of anilines is 1. The molecule has 1 heterocycles. The smallest absolute Gasteiger partial charge is 0.242 e. The highest BCUT2D eigenvalue weighted by Gasteiger charge is 2.27. The number of benzene rings is 1. The highest BCUT2D eigenvalue weighted by atomic mass is 16.2. The lowest BCUT2D eigenvalue weighted by Gasteiger charge is -2.36. The van der Waals surface area contributed by atoms with Crippen LogP contribution < -0.4 is 15.5 Å². The maximum absolute atomic E-state index is 11.9. The van der Waals surface area contributed by atoms with Crippen molar-refractivity contribution in [2.75, 3.05) is 24.5 Å². The molecule has 110 valence electrons. The fraction of sp³-hybridized carbons (Fsp3) is 0.562. The zero-order valence-corrected chi connectivity index (χ0v) is 12.5. The molecule has 1 amide bonds. The van der Waals surface area contributed by atoms with Crippen LogP contribution in [-0.4, -0.2) is 31.6 Å². The van der Waals surface area contributed by atoms with Crippen LogP contribution in [0.2, 0.25) is 0 Å². The van der Waals surface area contributed by atoms with Crippen molar-refractivity contribution in [2.24, 2.45) is 0 Å². The van der Waals surface area contributed by atoms with Crippen LogP contribution in [0.3, 0.4) is 0 Å². The second-order valence-corrected chi connectivity index (χ2v) is 5.25. The third-order valence-electron chi connectivity index (χ3n) is 3.74. The van der Waals surface area contributed by atoms with Crippen LogP contribution in [0.15, 0.2) is 24.3 Å². The van der Waals surface area contributed by atoms with Gasteiger partial charge >= 0.3 is 0 Å². The minimum Gasteiger partial charge on any atom is -0.358 e. The third kappa shape index (κ3) is 3.51. The van der Waals surface area contributed by atoms with Crippen molar-refractivity contribution in [3.8, 4) is 0 Å². The number of nitrogens with one attached hydrogen (secondary N) is 2. The summed E-state index contributed by atoms with van der Waals surface area (Å²) in [7, 11) is 0. The minimum atomic E-state index is -0.0344. The number of carbonyl (C=O) groups excluding carboxylic acids is 1. The topological polar surface area (TPSA) is 44.4 Å². The number of hydrogen-bond acceptors (Lipinski definition) is 3. The van der Waals surface area contributed by atoms with E-state index in [-0.39, 0.29) is 11.9 Å². The highest BCUT2D eigenvalue weighted by molar-refractivity contribution is 5.86. The first-order chi connectivity index (χ1) is 9.76. The molecule has 1 aromatic rings. The van der Waals surface area contributed by atoms with E-state index in [9.17, 15) is 4.79 Å². The van der Waals surface area contributed by atoms with Crippen molar-refractivity contribution >= 4 is 11.6 Å². The zero-order chi connectivity index (χ0) is 14.4. The normalized spacial score (nSPS) is 19.0. The summed E-state index contributed by atoms with van der Waals surface area (Å²) < 4.78 is 0. The van der Waals surface area contributed by atoms with Crippen LogP contribution in [0.5, 0.6) is 0 Å². The molecule has 20 heavy (non-hydrogen) atoms. The molecule has 1 aromatic carbocycles. The van der Waals surface area contributed by atoms with Gasteiger partial charge in [0.2, 0.25) is 5.91 Å². The van der Waals surface area contributed by atoms with E-state index in [0.717, 1.165) is 44.7 Å². The van der Waals surface area contributed by atoms with Gasteiger partial charge in [0, 0.05) is 25.3 Å². The Morgan fingerprint density at radius 1 is 1.30 bits per heavy atom. The van der Waals surface area contributed by atoms with Crippen molar-refractivity contribution in [1.82, 2.24) is 10.6 Å². The van der Waals surface area contributed by atoms with Crippen LogP contribution in [-0.2, 0) is 11.3 Å². The van der Waals surface area contributed by atoms with E-state index in [1.165, 1.54) is 5.56 Å². The fourth-order valence-electron chi connectivity index (χ4n) is 2.64. The lowest BCUT2D eigenvalue weighted by atomic mass is 10.1. The Hall–Kier alpha value is -1.55. The van der Waals surface area contributed by atoms with Gasteiger partial charge in [0.15, 0.2) is 0 Å². The van der Waals surface area contributed by atoms with E-state index in [1.807, 2.05) is 0 Å². The van der Waals surface area contributed by atoms with Gasteiger partial charge in [-0.3, -0.25) is 4.79 Å². The molecule has 0 aromatic heterocycles. The molecule has 1 aliphatic heterocycles. The molecule has 1 saturated heterocycles. The van der Waals surface area contributed by atoms with Crippen molar-refractivity contribution in [2.45, 2.75) is 39.3 Å². The quantitative estimate of drug-likeness (QED) is 0.779. The third-order valence-corrected chi connectivity index (χ3v) is 3.74. The molecule has 4 nitrogen and oxygen atoms in total. The second-order valence-electron chi connectivity index (χ2n) is 5.25. The molecular weight excluding hydrogens is 250 g/mol. The predicted octanol–water partition coefficient (Wildman–Crippen LogP) is 1.90. The van der Waals surface area contributed by atoms with Crippen LogP contribution in [0, 0.1) is 0 Å². The second kappa shape index (κ2) is 7.29. The molecule has 1 fully saturated rings. The summed E-state index contributed by atoms with van der Waals surface area (Å²) in [6, 6.07) is 8.52. The van der Waals surface area contributed by atoms with Gasteiger partial charge in [-0.15, -0.1) is 0 Å². The van der Waals surface area contributed by atoms with Crippen molar-refractivity contribution in [3.63, 3.8) is 0 Å². The standard InChI is InChI=1S/C16H25N3O/c1-3-9-17-12-13-5-7-14(8-6-13)19-11-10-18-16(20)15(19)4-2/h5-8,15,17H,3-4,9-12H2,1-2H3,(H,18,20). The highest BCUT2D eigenvalue weighted by Crippen LogP contribution is 2.21. The summed E-state index contributed by atoms with van der Waals surface area (Å²) in [6.07, 6.45) is 1.99. The SMILES string of the molecule is CCCNCc1ccc(N2CCNC(=O)C2CC)cc1. The number of hydrogen-bond donors (Lipinski definition) is 2. The molecule has 0 bridgehead atoms. The molecule has 2 rings (SSSR count). The van der Waals surface area contributed by atoms with Crippen molar-refractivity contribution in [3.05, 3.63) is 29.8 Å². The number of amides is 1. The summed E-state index contributed by atoms with van der Waals surface area (Å²) in [5.74, 6) is 0.146. The van der Waals surface area contributed by atoms with E-state index < -0.39 is 0 Å². The van der Waals surface area contributed by atoms with Gasteiger partial charge in [-0.2, -0.15) is 0 Å². The van der Waals surface area contributed by atoms with Crippen molar-refractivity contribution in [1.29, 1.82) is 0 Å². The predicted molar refractivity (Wildman–Crippen MR) is 82.9 cm³/mol. The van der Waals surface area contributed by atoms with Gasteiger partial charge < -0.3 is 15.5 Å². The maximum Gasteiger partial charge on any atom is 0.242 e. The number of rotatable bonds is 6. The first-order valence-electron chi connectivity index (χ1n) is 7.60. The summed E-state index contributed by atoms with van der Waals surface area (Å²) in [4.78, 5) is 14.1. The van der Waals surface area contributed by atoms with E-state index in [4.69, 9.17) is 0 Å². The summed E-state index contributed by atoms with van der Waals surface area (Å²) >= 11 is 0. The summed E-state index contributed by atoms with van der Waals surface area (Å²) in [5.41, 5.74) is 2.43. The Kier molecular flexibility index (Phi) is 5.41. The van der Waals surface area contributed by atoms with E-state index in [2.05, 4.69) is 53.6 Å². The fourth-order valence-corrected chi connectivity index (χ4v) is 2.64. The molecule has 2 N–H and O–H groups in total. The molecular formula is C16H25N3O. The van der Waals surface area contributed by atoms with Crippen LogP contribution in [0.1, 0.15) is 32.3 Å². The number of nitrogens with zero attached hydrogens (tertiary/aromatic N) is 1. The Balaban J connectivity index is 2.02. The Morgan fingerprint density at radius 2 is 2.05 bits per heavy atom. The van der Waals surface area contributed by atoms with Gasteiger partial charge in [-0.25, -0.2) is 0 Å². The summed E-state index contributed by atoms with van der Waals surface area (Å²) in [5, 5.41) is 6.34. The molecule has 1 atom stereocenters. The molecule has 1 unspecified atom stereocenters. The molecule has 4 heteroatoms. The molecule has 1 aliphatic rings. The molecule has 0 radical (unpaired) electrons. The largest absolute Gasteiger partial charge is 0.358 e. The zero-order valence-electron chi connectivity index (χ0n) is 12.5. The minimum absolute atomic E-state index is 0.0344. The van der Waals surface area contributed by atoms with E-state index in [1.54, 1.807) is 0 Å². The summed E-state index contributed by atoms with van der Waals surface area (Å²) in [6.45, 7) is 7.80. The van der Waals surface area contributed by atoms with Crippen LogP contribution in [0.25, 0.3) is 0 Å². The van der Waals surface area contributed by atoms with Crippen LogP contribution >= 0.6 is 0 Å². The Bertz CT molecular complexity index is 430. The van der Waals surface area contributed by atoms with E-state index >= 15 is 0 Å². The maximum atomic E-state index is 11.9. The average molecular weight is 275 g/mol. The Morgan fingerprint density at radius 3 is 2.70 bits per heavy atom. The molecule has 0 saturated carbocycles. The number of carbonyl (C=O) groups is 1. The molecule has 0 spiro atoms. The first kappa shape index (κ1) is 14.9. The lowest BCUT2D eigenvalue weighted by Crippen LogP contribution is -2.55. The lowest BCUT2D eigenvalue weighted by molar-refractivity contribution is -0.123. The monoisotopic (exact) mass is 275 g/mol. The van der Waals surface area contributed by atoms with Crippen LogP contribution in [0.4, 0.5) is 5.69 Å². The average Bonchev–Trinajstić information content (AvgIpc) is 2.48. The first-order valence-corrected chi connectivity index (χ1v) is 7.60. The molecule has 0 aliphatic carbocycles. The van der Waals surface area contributed by atoms with Gasteiger partial charge in [-0.05, 0) is 37.1 Å². The van der Waals surface area contributed by atoms with Gasteiger partial charge in [0.25, 0.3) is 0 Å². The van der Waals surface area contributed by atoms with Gasteiger partial charge in [-0.1, -0.05) is 26.0 Å². The van der Waals surface area contributed by atoms with Gasteiger partial charge in [0.05, 0.1) is 0 Å². The van der Waals surface area contributed by atoms with Gasteiger partial charge in [0.1, 0.15) is 6.04 Å². The van der Waals surface area contributed by atoms with E-state index in [0.29, 0.717) is 0 Å². The Labute approximate surface area is 121 Å².